The van der Waals surface area contributed by atoms with Gasteiger partial charge in [-0.25, -0.2) is 9.48 Å². The molecule has 0 saturated heterocycles. The Morgan fingerprint density at radius 3 is 2.70 bits per heavy atom. The summed E-state index contributed by atoms with van der Waals surface area (Å²) >= 11 is 6.25. The number of halogens is 1. The van der Waals surface area contributed by atoms with Crippen molar-refractivity contribution >= 4 is 17.6 Å². The molecule has 0 aliphatic rings. The molecule has 134 valence electrons. The molecular weight excluding hydrogens is 368 g/mol. The molecule has 0 spiro atoms. The van der Waals surface area contributed by atoms with Crippen LogP contribution in [0.4, 0.5) is 0 Å². The zero-order valence-corrected chi connectivity index (χ0v) is 14.9. The first-order valence-corrected chi connectivity index (χ1v) is 8.40. The molecule has 0 aliphatic heterocycles. The largest absolute Gasteiger partial charge is 0.476 e. The van der Waals surface area contributed by atoms with Crippen LogP contribution in [0.2, 0.25) is 5.02 Å². The van der Waals surface area contributed by atoms with Crippen LogP contribution in [0, 0.1) is 6.92 Å². The maximum absolute atomic E-state index is 11.4. The van der Waals surface area contributed by atoms with E-state index in [1.54, 1.807) is 24.3 Å². The Balaban J connectivity index is 1.85. The van der Waals surface area contributed by atoms with E-state index in [4.69, 9.17) is 16.1 Å². The van der Waals surface area contributed by atoms with Crippen molar-refractivity contribution in [2.45, 2.75) is 6.92 Å². The lowest BCUT2D eigenvalue weighted by molar-refractivity contribution is 0.0690. The zero-order valence-electron chi connectivity index (χ0n) is 14.1. The second-order valence-corrected chi connectivity index (χ2v) is 6.28. The molecule has 0 bridgehead atoms. The molecule has 0 radical (unpaired) electrons. The number of benzene rings is 2. The quantitative estimate of drug-likeness (QED) is 0.568. The standard InChI is InChI=1S/C19H13ClN4O3/c1-11-5-4-6-12(9-11)18-21-17(23-27-18)16-10-14(19(25)26)22-24(16)15-8-3-2-7-13(15)20/h2-10H,1H3,(H,25,26). The van der Waals surface area contributed by atoms with Crippen LogP contribution in [-0.4, -0.2) is 31.0 Å². The molecule has 2 heterocycles. The lowest BCUT2D eigenvalue weighted by atomic mass is 10.1. The number of hydrogen-bond donors (Lipinski definition) is 1. The Morgan fingerprint density at radius 2 is 1.96 bits per heavy atom. The topological polar surface area (TPSA) is 94.0 Å². The maximum atomic E-state index is 11.4. The summed E-state index contributed by atoms with van der Waals surface area (Å²) in [5.74, 6) is -0.617. The molecule has 0 aliphatic carbocycles. The molecule has 4 rings (SSSR count). The Bertz CT molecular complexity index is 1150. The van der Waals surface area contributed by atoms with Crippen LogP contribution in [0.25, 0.3) is 28.7 Å². The fraction of sp³-hybridized carbons (Fsp3) is 0.0526. The predicted molar refractivity (Wildman–Crippen MR) is 99.0 cm³/mol. The lowest BCUT2D eigenvalue weighted by Gasteiger charge is -2.06. The van der Waals surface area contributed by atoms with Gasteiger partial charge in [0.2, 0.25) is 5.82 Å². The van der Waals surface area contributed by atoms with E-state index in [0.29, 0.717) is 22.3 Å². The average molecular weight is 381 g/mol. The monoisotopic (exact) mass is 380 g/mol. The maximum Gasteiger partial charge on any atom is 0.356 e. The summed E-state index contributed by atoms with van der Waals surface area (Å²) in [5, 5.41) is 17.9. The Labute approximate surface area is 158 Å². The van der Waals surface area contributed by atoms with Gasteiger partial charge in [0.05, 0.1) is 10.7 Å². The third-order valence-corrected chi connectivity index (χ3v) is 4.25. The summed E-state index contributed by atoms with van der Waals surface area (Å²) in [6.07, 6.45) is 0. The van der Waals surface area contributed by atoms with E-state index in [2.05, 4.69) is 15.2 Å². The van der Waals surface area contributed by atoms with Gasteiger partial charge in [-0.3, -0.25) is 0 Å². The van der Waals surface area contributed by atoms with Crippen molar-refractivity contribution in [1.82, 2.24) is 19.9 Å². The van der Waals surface area contributed by atoms with Gasteiger partial charge in [0.1, 0.15) is 5.69 Å². The van der Waals surface area contributed by atoms with Crippen molar-refractivity contribution in [2.24, 2.45) is 0 Å². The van der Waals surface area contributed by atoms with Crippen LogP contribution in [0.1, 0.15) is 16.1 Å². The second kappa shape index (κ2) is 6.69. The van der Waals surface area contributed by atoms with Gasteiger partial charge in [-0.2, -0.15) is 10.1 Å². The average Bonchev–Trinajstić information content (AvgIpc) is 3.29. The molecule has 27 heavy (non-hydrogen) atoms. The highest BCUT2D eigenvalue weighted by atomic mass is 35.5. The molecule has 2 aromatic heterocycles. The summed E-state index contributed by atoms with van der Waals surface area (Å²) in [5.41, 5.74) is 2.57. The van der Waals surface area contributed by atoms with Crippen molar-refractivity contribution in [3.63, 3.8) is 0 Å². The smallest absolute Gasteiger partial charge is 0.356 e. The molecule has 7 nitrogen and oxygen atoms in total. The van der Waals surface area contributed by atoms with Crippen molar-refractivity contribution in [2.75, 3.05) is 0 Å². The third-order valence-electron chi connectivity index (χ3n) is 3.93. The van der Waals surface area contributed by atoms with Gasteiger partial charge in [-0.05, 0) is 31.2 Å². The van der Waals surface area contributed by atoms with E-state index in [1.165, 1.54) is 10.7 Å². The number of carbonyl (C=O) groups is 1. The van der Waals surface area contributed by atoms with Crippen molar-refractivity contribution in [3.05, 3.63) is 70.9 Å². The number of carboxylic acid groups (broad SMARTS) is 1. The number of aryl methyl sites for hydroxylation is 1. The summed E-state index contributed by atoms with van der Waals surface area (Å²) in [7, 11) is 0. The molecule has 0 atom stereocenters. The van der Waals surface area contributed by atoms with Crippen LogP contribution in [-0.2, 0) is 0 Å². The van der Waals surface area contributed by atoms with Crippen LogP contribution in [0.3, 0.4) is 0 Å². The molecule has 4 aromatic rings. The van der Waals surface area contributed by atoms with Crippen LogP contribution < -0.4 is 0 Å². The number of para-hydroxylation sites is 1. The fourth-order valence-corrected chi connectivity index (χ4v) is 2.89. The molecular formula is C19H13ClN4O3. The number of rotatable bonds is 4. The van der Waals surface area contributed by atoms with Crippen molar-refractivity contribution in [3.8, 4) is 28.7 Å². The van der Waals surface area contributed by atoms with Gasteiger partial charge >= 0.3 is 5.97 Å². The normalized spacial score (nSPS) is 10.9. The highest BCUT2D eigenvalue weighted by Gasteiger charge is 2.21. The molecule has 0 fully saturated rings. The molecule has 0 amide bonds. The number of nitrogens with zero attached hydrogens (tertiary/aromatic N) is 4. The SMILES string of the molecule is Cc1cccc(-c2nc(-c3cc(C(=O)O)nn3-c3ccccc3Cl)no2)c1. The first kappa shape index (κ1) is 17.0. The van der Waals surface area contributed by atoms with Crippen LogP contribution in [0.5, 0.6) is 0 Å². The number of aromatic carboxylic acids is 1. The van der Waals surface area contributed by atoms with Gasteiger partial charge < -0.3 is 9.63 Å². The Kier molecular flexibility index (Phi) is 4.21. The fourth-order valence-electron chi connectivity index (χ4n) is 2.67. The minimum absolute atomic E-state index is 0.146. The molecule has 1 N–H and O–H groups in total. The highest BCUT2D eigenvalue weighted by molar-refractivity contribution is 6.32. The van der Waals surface area contributed by atoms with Crippen LogP contribution >= 0.6 is 11.6 Å². The molecule has 8 heteroatoms. The second-order valence-electron chi connectivity index (χ2n) is 5.88. The third kappa shape index (κ3) is 3.20. The van der Waals surface area contributed by atoms with Gasteiger partial charge in [0.25, 0.3) is 5.89 Å². The first-order chi connectivity index (χ1) is 13.0. The van der Waals surface area contributed by atoms with E-state index in [1.807, 2.05) is 31.2 Å². The minimum atomic E-state index is -1.16. The first-order valence-electron chi connectivity index (χ1n) is 8.02. The van der Waals surface area contributed by atoms with E-state index in [-0.39, 0.29) is 11.5 Å². The molecule has 2 aromatic carbocycles. The van der Waals surface area contributed by atoms with Crippen molar-refractivity contribution < 1.29 is 14.4 Å². The van der Waals surface area contributed by atoms with Gasteiger partial charge in [0.15, 0.2) is 5.69 Å². The summed E-state index contributed by atoms with van der Waals surface area (Å²) < 4.78 is 6.77. The summed E-state index contributed by atoms with van der Waals surface area (Å²) in [4.78, 5) is 15.8. The molecule has 0 unspecified atom stereocenters. The van der Waals surface area contributed by atoms with E-state index < -0.39 is 5.97 Å². The van der Waals surface area contributed by atoms with E-state index in [9.17, 15) is 9.90 Å². The Morgan fingerprint density at radius 1 is 1.15 bits per heavy atom. The zero-order chi connectivity index (χ0) is 19.0. The van der Waals surface area contributed by atoms with Gasteiger partial charge in [0, 0.05) is 11.6 Å². The van der Waals surface area contributed by atoms with Gasteiger partial charge in [-0.15, -0.1) is 0 Å². The van der Waals surface area contributed by atoms with Crippen LogP contribution in [0.15, 0.2) is 59.1 Å². The van der Waals surface area contributed by atoms with E-state index in [0.717, 1.165) is 11.1 Å². The summed E-state index contributed by atoms with van der Waals surface area (Å²) in [6, 6.07) is 16.0. The number of carboxylic acids is 1. The minimum Gasteiger partial charge on any atom is -0.476 e. The number of aromatic nitrogens is 4. The number of hydrogen-bond acceptors (Lipinski definition) is 5. The molecule has 0 saturated carbocycles. The predicted octanol–water partition coefficient (Wildman–Crippen LogP) is 4.25. The van der Waals surface area contributed by atoms with Crippen molar-refractivity contribution in [1.29, 1.82) is 0 Å². The van der Waals surface area contributed by atoms with Gasteiger partial charge in [-0.1, -0.05) is 46.6 Å². The van der Waals surface area contributed by atoms with E-state index >= 15 is 0 Å². The lowest BCUT2D eigenvalue weighted by Crippen LogP contribution is -2.03. The summed E-state index contributed by atoms with van der Waals surface area (Å²) in [6.45, 7) is 1.96. The Hall–Kier alpha value is -3.45. The highest BCUT2D eigenvalue weighted by Crippen LogP contribution is 2.28.